The Morgan fingerprint density at radius 3 is 2.48 bits per heavy atom. The third-order valence-electron chi connectivity index (χ3n) is 3.91. The number of hydrogen-bond donors (Lipinski definition) is 2. The molecule has 2 rings (SSSR count). The summed E-state index contributed by atoms with van der Waals surface area (Å²) in [5.74, 6) is 0. The van der Waals surface area contributed by atoms with Gasteiger partial charge in [-0.3, -0.25) is 4.90 Å². The lowest BCUT2D eigenvalue weighted by molar-refractivity contribution is 0.0558. The van der Waals surface area contributed by atoms with E-state index in [1.807, 2.05) is 45.0 Å². The maximum Gasteiger partial charge on any atom is 0.415 e. The van der Waals surface area contributed by atoms with Crippen LogP contribution in [0.5, 0.6) is 0 Å². The van der Waals surface area contributed by atoms with Gasteiger partial charge in [0.2, 0.25) is 0 Å². The van der Waals surface area contributed by atoms with Crippen molar-refractivity contribution >= 4 is 11.8 Å². The maximum absolute atomic E-state index is 12.8. The zero-order valence-electron chi connectivity index (χ0n) is 14.5. The van der Waals surface area contributed by atoms with Crippen LogP contribution in [0, 0.1) is 0 Å². The van der Waals surface area contributed by atoms with E-state index in [-0.39, 0.29) is 12.1 Å². The molecule has 1 aliphatic rings. The molecule has 5 heteroatoms. The van der Waals surface area contributed by atoms with E-state index in [4.69, 9.17) is 4.74 Å². The predicted molar refractivity (Wildman–Crippen MR) is 91.7 cm³/mol. The van der Waals surface area contributed by atoms with Crippen molar-refractivity contribution < 1.29 is 14.6 Å². The minimum atomic E-state index is -0.641. The highest BCUT2D eigenvalue weighted by Gasteiger charge is 2.32. The summed E-state index contributed by atoms with van der Waals surface area (Å²) in [6.45, 7) is 9.07. The third kappa shape index (κ3) is 4.69. The number of piperidine rings is 1. The monoisotopic (exact) mass is 320 g/mol. The first-order valence-electron chi connectivity index (χ1n) is 8.29. The molecule has 5 nitrogen and oxygen atoms in total. The molecule has 1 aliphatic heterocycles. The second-order valence-corrected chi connectivity index (χ2v) is 7.07. The first-order valence-corrected chi connectivity index (χ1v) is 8.29. The summed E-state index contributed by atoms with van der Waals surface area (Å²) in [6, 6.07) is 7.58. The van der Waals surface area contributed by atoms with Crippen molar-refractivity contribution in [1.82, 2.24) is 5.32 Å². The summed E-state index contributed by atoms with van der Waals surface area (Å²) in [5.41, 5.74) is 0.933. The van der Waals surface area contributed by atoms with Gasteiger partial charge in [-0.25, -0.2) is 4.79 Å². The van der Waals surface area contributed by atoms with Gasteiger partial charge in [-0.15, -0.1) is 0 Å². The Bertz CT molecular complexity index is 531. The fourth-order valence-corrected chi connectivity index (χ4v) is 2.88. The highest BCUT2D eigenvalue weighted by Crippen LogP contribution is 2.31. The first kappa shape index (κ1) is 17.8. The fraction of sp³-hybridized carbons (Fsp3) is 0.611. The number of carbonyl (C=O) groups is 1. The van der Waals surface area contributed by atoms with E-state index in [0.717, 1.165) is 37.2 Å². The van der Waals surface area contributed by atoms with E-state index in [2.05, 4.69) is 5.32 Å². The summed E-state index contributed by atoms with van der Waals surface area (Å²) in [5, 5.41) is 13.4. The Hall–Kier alpha value is -1.59. The number of para-hydroxylation sites is 1. The number of carbonyl (C=O) groups excluding carboxylic acids is 1. The van der Waals surface area contributed by atoms with Gasteiger partial charge in [0, 0.05) is 11.6 Å². The van der Waals surface area contributed by atoms with Crippen LogP contribution in [0.4, 0.5) is 10.5 Å². The van der Waals surface area contributed by atoms with Gasteiger partial charge >= 0.3 is 6.09 Å². The molecule has 0 aliphatic carbocycles. The number of aliphatic hydroxyl groups is 1. The molecular weight excluding hydrogens is 292 g/mol. The molecule has 1 amide bonds. The van der Waals surface area contributed by atoms with Crippen LogP contribution in [-0.4, -0.2) is 35.9 Å². The van der Waals surface area contributed by atoms with E-state index in [1.165, 1.54) is 0 Å². The normalized spacial score (nSPS) is 17.6. The second kappa shape index (κ2) is 7.32. The quantitative estimate of drug-likeness (QED) is 0.897. The SMILES string of the molecule is CC(O)c1ccccc1N(C(=O)OC(C)(C)C)C1CCNCC1. The van der Waals surface area contributed by atoms with E-state index in [1.54, 1.807) is 11.8 Å². The summed E-state index contributed by atoms with van der Waals surface area (Å²) in [6.07, 6.45) is 0.746. The number of ether oxygens (including phenoxy) is 1. The summed E-state index contributed by atoms with van der Waals surface area (Å²) >= 11 is 0. The molecule has 0 bridgehead atoms. The molecule has 0 spiro atoms. The van der Waals surface area contributed by atoms with Crippen LogP contribution in [0.2, 0.25) is 0 Å². The number of rotatable bonds is 3. The third-order valence-corrected chi connectivity index (χ3v) is 3.91. The van der Waals surface area contributed by atoms with Gasteiger partial charge in [0.25, 0.3) is 0 Å². The van der Waals surface area contributed by atoms with Crippen molar-refractivity contribution in [1.29, 1.82) is 0 Å². The number of amides is 1. The van der Waals surface area contributed by atoms with Crippen LogP contribution in [-0.2, 0) is 4.74 Å². The molecule has 1 aromatic carbocycles. The van der Waals surface area contributed by atoms with Crippen LogP contribution in [0.3, 0.4) is 0 Å². The van der Waals surface area contributed by atoms with E-state index in [0.29, 0.717) is 0 Å². The van der Waals surface area contributed by atoms with Gasteiger partial charge in [0.05, 0.1) is 11.8 Å². The number of nitrogens with zero attached hydrogens (tertiary/aromatic N) is 1. The van der Waals surface area contributed by atoms with Crippen molar-refractivity contribution in [2.24, 2.45) is 0 Å². The van der Waals surface area contributed by atoms with Crippen LogP contribution in [0.25, 0.3) is 0 Å². The number of hydrogen-bond acceptors (Lipinski definition) is 4. The van der Waals surface area contributed by atoms with Crippen LogP contribution in [0.15, 0.2) is 24.3 Å². The maximum atomic E-state index is 12.8. The molecule has 128 valence electrons. The molecule has 0 aromatic heterocycles. The van der Waals surface area contributed by atoms with Gasteiger partial charge in [0.15, 0.2) is 0 Å². The zero-order chi connectivity index (χ0) is 17.0. The van der Waals surface area contributed by atoms with E-state index < -0.39 is 11.7 Å². The topological polar surface area (TPSA) is 61.8 Å². The molecule has 23 heavy (non-hydrogen) atoms. The van der Waals surface area contributed by atoms with Crippen LogP contribution in [0.1, 0.15) is 52.2 Å². The average Bonchev–Trinajstić information content (AvgIpc) is 2.47. The molecule has 1 aromatic rings. The minimum absolute atomic E-state index is 0.0750. The Balaban J connectivity index is 2.39. The fourth-order valence-electron chi connectivity index (χ4n) is 2.88. The molecule has 1 saturated heterocycles. The lowest BCUT2D eigenvalue weighted by atomic mass is 10.0. The van der Waals surface area contributed by atoms with Gasteiger partial charge in [-0.1, -0.05) is 18.2 Å². The van der Waals surface area contributed by atoms with Gasteiger partial charge < -0.3 is 15.2 Å². The molecule has 1 fully saturated rings. The number of nitrogens with one attached hydrogen (secondary N) is 1. The highest BCUT2D eigenvalue weighted by atomic mass is 16.6. The Morgan fingerprint density at radius 2 is 1.91 bits per heavy atom. The number of anilines is 1. The minimum Gasteiger partial charge on any atom is -0.443 e. The van der Waals surface area contributed by atoms with Crippen LogP contribution < -0.4 is 10.2 Å². The predicted octanol–water partition coefficient (Wildman–Crippen LogP) is 3.23. The van der Waals surface area contributed by atoms with Gasteiger partial charge in [0.1, 0.15) is 5.60 Å². The summed E-state index contributed by atoms with van der Waals surface area (Å²) in [4.78, 5) is 14.6. The molecule has 0 radical (unpaired) electrons. The molecular formula is C18H28N2O3. The Kier molecular flexibility index (Phi) is 5.65. The van der Waals surface area contributed by atoms with Crippen molar-refractivity contribution in [2.45, 2.75) is 58.3 Å². The molecule has 0 saturated carbocycles. The lowest BCUT2D eigenvalue weighted by Gasteiger charge is -2.37. The molecule has 1 atom stereocenters. The molecule has 1 unspecified atom stereocenters. The number of benzene rings is 1. The van der Waals surface area contributed by atoms with E-state index in [9.17, 15) is 9.90 Å². The summed E-state index contributed by atoms with van der Waals surface area (Å²) < 4.78 is 5.63. The smallest absolute Gasteiger partial charge is 0.415 e. The van der Waals surface area contributed by atoms with Crippen molar-refractivity contribution in [3.8, 4) is 0 Å². The first-order chi connectivity index (χ1) is 10.8. The molecule has 2 N–H and O–H groups in total. The van der Waals surface area contributed by atoms with E-state index >= 15 is 0 Å². The largest absolute Gasteiger partial charge is 0.443 e. The Morgan fingerprint density at radius 1 is 1.30 bits per heavy atom. The van der Waals surface area contributed by atoms with Crippen molar-refractivity contribution in [3.05, 3.63) is 29.8 Å². The van der Waals surface area contributed by atoms with Crippen molar-refractivity contribution in [3.63, 3.8) is 0 Å². The van der Waals surface area contributed by atoms with Gasteiger partial charge in [-0.2, -0.15) is 0 Å². The highest BCUT2D eigenvalue weighted by molar-refractivity contribution is 5.89. The van der Waals surface area contributed by atoms with Crippen molar-refractivity contribution in [2.75, 3.05) is 18.0 Å². The standard InChI is InChI=1S/C18H28N2O3/c1-13(21)15-7-5-6-8-16(15)20(14-9-11-19-12-10-14)17(22)23-18(2,3)4/h5-8,13-14,19,21H,9-12H2,1-4H3. The lowest BCUT2D eigenvalue weighted by Crippen LogP contribution is -2.48. The van der Waals surface area contributed by atoms with Gasteiger partial charge in [-0.05, 0) is 59.7 Å². The average molecular weight is 320 g/mol. The van der Waals surface area contributed by atoms with Crippen LogP contribution >= 0.6 is 0 Å². The second-order valence-electron chi connectivity index (χ2n) is 7.07. The zero-order valence-corrected chi connectivity index (χ0v) is 14.5. The summed E-state index contributed by atoms with van der Waals surface area (Å²) in [7, 11) is 0. The molecule has 1 heterocycles. The Labute approximate surface area is 138 Å². The number of aliphatic hydroxyl groups excluding tert-OH is 1.